The summed E-state index contributed by atoms with van der Waals surface area (Å²) in [4.78, 5) is 6.87. The molecular weight excluding hydrogens is 218 g/mol. The Labute approximate surface area is 102 Å². The van der Waals surface area contributed by atoms with E-state index in [2.05, 4.69) is 41.5 Å². The zero-order chi connectivity index (χ0) is 11.5. The van der Waals surface area contributed by atoms with Crippen molar-refractivity contribution in [1.29, 1.82) is 0 Å². The second-order valence-electron chi connectivity index (χ2n) is 4.88. The molecule has 3 nitrogen and oxygen atoms in total. The molecule has 0 spiro atoms. The van der Waals surface area contributed by atoms with Crippen molar-refractivity contribution < 1.29 is 0 Å². The molecule has 1 aromatic heterocycles. The highest BCUT2D eigenvalue weighted by Crippen LogP contribution is 2.16. The topological polar surface area (TPSA) is 28.2 Å². The number of nitrogens with one attached hydrogen (secondary N) is 1. The van der Waals surface area contributed by atoms with Crippen molar-refractivity contribution in [2.45, 2.75) is 32.9 Å². The van der Waals surface area contributed by atoms with Crippen molar-refractivity contribution in [2.24, 2.45) is 5.92 Å². The van der Waals surface area contributed by atoms with Crippen LogP contribution < -0.4 is 5.32 Å². The molecule has 0 aromatic carbocycles. The van der Waals surface area contributed by atoms with Gasteiger partial charge < -0.3 is 5.32 Å². The zero-order valence-electron chi connectivity index (χ0n) is 10.4. The maximum absolute atomic E-state index is 4.50. The summed E-state index contributed by atoms with van der Waals surface area (Å²) in [5.74, 6) is 0.805. The van der Waals surface area contributed by atoms with Crippen LogP contribution in [0, 0.1) is 12.8 Å². The number of aryl methyl sites for hydroxylation is 1. The molecule has 1 N–H and O–H groups in total. The summed E-state index contributed by atoms with van der Waals surface area (Å²) in [6.07, 6.45) is 1.31. The monoisotopic (exact) mass is 239 g/mol. The molecule has 2 unspecified atom stereocenters. The number of likely N-dealkylation sites (N-methyl/N-ethyl adjacent to an activating group) is 1. The largest absolute Gasteiger partial charge is 0.312 e. The Morgan fingerprint density at radius 2 is 2.44 bits per heavy atom. The highest BCUT2D eigenvalue weighted by molar-refractivity contribution is 7.09. The first-order valence-corrected chi connectivity index (χ1v) is 6.86. The predicted molar refractivity (Wildman–Crippen MR) is 68.8 cm³/mol. The third-order valence-corrected chi connectivity index (χ3v) is 4.12. The fourth-order valence-electron chi connectivity index (χ4n) is 2.30. The third kappa shape index (κ3) is 3.03. The van der Waals surface area contributed by atoms with Crippen molar-refractivity contribution in [3.8, 4) is 0 Å². The molecule has 2 heterocycles. The molecule has 1 fully saturated rings. The Bertz CT molecular complexity index is 337. The molecule has 0 radical (unpaired) electrons. The molecule has 2 rings (SSSR count). The van der Waals surface area contributed by atoms with Crippen LogP contribution in [0.1, 0.15) is 24.0 Å². The highest BCUT2D eigenvalue weighted by atomic mass is 32.1. The van der Waals surface area contributed by atoms with E-state index in [4.69, 9.17) is 0 Å². The lowest BCUT2D eigenvalue weighted by Gasteiger charge is -2.23. The maximum Gasteiger partial charge on any atom is 0.0897 e. The molecule has 0 aliphatic carbocycles. The van der Waals surface area contributed by atoms with Gasteiger partial charge in [-0.25, -0.2) is 4.98 Å². The van der Waals surface area contributed by atoms with Crippen LogP contribution in [0.4, 0.5) is 0 Å². The van der Waals surface area contributed by atoms with Gasteiger partial charge in [-0.15, -0.1) is 11.3 Å². The minimum atomic E-state index is 0.657. The van der Waals surface area contributed by atoms with Gasteiger partial charge in [0.25, 0.3) is 0 Å². The second kappa shape index (κ2) is 5.25. The summed E-state index contributed by atoms with van der Waals surface area (Å²) in [5.41, 5.74) is 1.20. The van der Waals surface area contributed by atoms with Gasteiger partial charge in [-0.1, -0.05) is 6.92 Å². The second-order valence-corrected chi connectivity index (χ2v) is 5.94. The predicted octanol–water partition coefficient (Wildman–Crippen LogP) is 1.88. The summed E-state index contributed by atoms with van der Waals surface area (Å²) >= 11 is 1.74. The van der Waals surface area contributed by atoms with E-state index in [0.717, 1.165) is 24.0 Å². The van der Waals surface area contributed by atoms with Crippen LogP contribution >= 0.6 is 11.3 Å². The molecule has 0 bridgehead atoms. The van der Waals surface area contributed by atoms with E-state index in [9.17, 15) is 0 Å². The van der Waals surface area contributed by atoms with Crippen LogP contribution in [0.3, 0.4) is 0 Å². The smallest absolute Gasteiger partial charge is 0.0897 e. The SMILES string of the molecule is Cc1nc(CN(C)CC2NCCC2C)cs1. The number of aromatic nitrogens is 1. The van der Waals surface area contributed by atoms with Crippen molar-refractivity contribution in [2.75, 3.05) is 20.1 Å². The summed E-state index contributed by atoms with van der Waals surface area (Å²) in [7, 11) is 2.18. The molecule has 1 aliphatic rings. The van der Waals surface area contributed by atoms with Crippen molar-refractivity contribution in [3.63, 3.8) is 0 Å². The Kier molecular flexibility index (Phi) is 3.95. The van der Waals surface area contributed by atoms with Gasteiger partial charge in [0.1, 0.15) is 0 Å². The van der Waals surface area contributed by atoms with E-state index in [1.54, 1.807) is 11.3 Å². The molecule has 0 saturated carbocycles. The molecule has 1 aliphatic heterocycles. The normalized spacial score (nSPS) is 25.5. The van der Waals surface area contributed by atoms with E-state index in [1.807, 2.05) is 0 Å². The summed E-state index contributed by atoms with van der Waals surface area (Å²) in [6, 6.07) is 0.657. The van der Waals surface area contributed by atoms with Gasteiger partial charge in [0.15, 0.2) is 0 Å². The Morgan fingerprint density at radius 1 is 1.62 bits per heavy atom. The van der Waals surface area contributed by atoms with Crippen molar-refractivity contribution in [3.05, 3.63) is 16.1 Å². The van der Waals surface area contributed by atoms with Crippen molar-refractivity contribution in [1.82, 2.24) is 15.2 Å². The Morgan fingerprint density at radius 3 is 3.00 bits per heavy atom. The molecule has 0 amide bonds. The first-order chi connectivity index (χ1) is 7.65. The molecule has 1 aromatic rings. The average molecular weight is 239 g/mol. The number of hydrogen-bond acceptors (Lipinski definition) is 4. The average Bonchev–Trinajstić information content (AvgIpc) is 2.77. The number of thiazole rings is 1. The number of rotatable bonds is 4. The summed E-state index contributed by atoms with van der Waals surface area (Å²) in [5, 5.41) is 6.90. The number of nitrogens with zero attached hydrogens (tertiary/aromatic N) is 2. The standard InChI is InChI=1S/C12H21N3S/c1-9-4-5-13-12(9)7-15(3)6-11-8-16-10(2)14-11/h8-9,12-13H,4-7H2,1-3H3. The van der Waals surface area contributed by atoms with Gasteiger partial charge in [0.05, 0.1) is 10.7 Å². The molecule has 4 heteroatoms. The van der Waals surface area contributed by atoms with E-state index in [-0.39, 0.29) is 0 Å². The molecule has 2 atom stereocenters. The van der Waals surface area contributed by atoms with Crippen LogP contribution in [0.2, 0.25) is 0 Å². The van der Waals surface area contributed by atoms with Crippen molar-refractivity contribution >= 4 is 11.3 Å². The first-order valence-electron chi connectivity index (χ1n) is 5.98. The lowest BCUT2D eigenvalue weighted by atomic mass is 10.0. The van der Waals surface area contributed by atoms with Gasteiger partial charge in [-0.2, -0.15) is 0 Å². The van der Waals surface area contributed by atoms with Gasteiger partial charge in [-0.3, -0.25) is 4.90 Å². The summed E-state index contributed by atoms with van der Waals surface area (Å²) < 4.78 is 0. The minimum absolute atomic E-state index is 0.657. The fourth-order valence-corrected chi connectivity index (χ4v) is 2.90. The Balaban J connectivity index is 1.82. The van der Waals surface area contributed by atoms with Gasteiger partial charge in [-0.05, 0) is 32.9 Å². The van der Waals surface area contributed by atoms with Crippen LogP contribution in [-0.4, -0.2) is 36.1 Å². The lowest BCUT2D eigenvalue weighted by molar-refractivity contribution is 0.269. The highest BCUT2D eigenvalue weighted by Gasteiger charge is 2.23. The van der Waals surface area contributed by atoms with Gasteiger partial charge in [0, 0.05) is 24.5 Å². The van der Waals surface area contributed by atoms with Crippen LogP contribution in [0.25, 0.3) is 0 Å². The van der Waals surface area contributed by atoms with E-state index in [1.165, 1.54) is 18.7 Å². The van der Waals surface area contributed by atoms with Crippen LogP contribution in [0.15, 0.2) is 5.38 Å². The quantitative estimate of drug-likeness (QED) is 0.869. The maximum atomic E-state index is 4.50. The Hall–Kier alpha value is -0.450. The first kappa shape index (κ1) is 12.0. The van der Waals surface area contributed by atoms with E-state index >= 15 is 0 Å². The molecule has 1 saturated heterocycles. The lowest BCUT2D eigenvalue weighted by Crippen LogP contribution is -2.38. The van der Waals surface area contributed by atoms with E-state index in [0.29, 0.717) is 6.04 Å². The van der Waals surface area contributed by atoms with E-state index < -0.39 is 0 Å². The number of hydrogen-bond donors (Lipinski definition) is 1. The fraction of sp³-hybridized carbons (Fsp3) is 0.750. The van der Waals surface area contributed by atoms with Crippen LogP contribution in [-0.2, 0) is 6.54 Å². The molecule has 16 heavy (non-hydrogen) atoms. The minimum Gasteiger partial charge on any atom is -0.312 e. The molecule has 90 valence electrons. The summed E-state index contributed by atoms with van der Waals surface area (Å²) in [6.45, 7) is 7.67. The van der Waals surface area contributed by atoms with Crippen LogP contribution in [0.5, 0.6) is 0 Å². The van der Waals surface area contributed by atoms with Gasteiger partial charge in [0.2, 0.25) is 0 Å². The molecular formula is C12H21N3S. The zero-order valence-corrected chi connectivity index (χ0v) is 11.2. The third-order valence-electron chi connectivity index (χ3n) is 3.30. The van der Waals surface area contributed by atoms with Gasteiger partial charge >= 0.3 is 0 Å².